The van der Waals surface area contributed by atoms with Gasteiger partial charge in [-0.05, 0) is 18.8 Å². The van der Waals surface area contributed by atoms with E-state index in [2.05, 4.69) is 6.92 Å². The SMILES string of the molecule is C[C@@H]1CCN(C(=O)C2CCOC2)C1. The number of carbonyl (C=O) groups excluding carboxylic acids is 1. The van der Waals surface area contributed by atoms with Gasteiger partial charge < -0.3 is 9.64 Å². The lowest BCUT2D eigenvalue weighted by Gasteiger charge is -2.19. The second-order valence-corrected chi connectivity index (χ2v) is 4.24. The topological polar surface area (TPSA) is 29.5 Å². The van der Waals surface area contributed by atoms with Crippen LogP contribution in [0.4, 0.5) is 0 Å². The molecule has 0 aromatic rings. The Morgan fingerprint density at radius 3 is 2.85 bits per heavy atom. The van der Waals surface area contributed by atoms with Crippen LogP contribution in [0.25, 0.3) is 0 Å². The molecule has 3 nitrogen and oxygen atoms in total. The number of rotatable bonds is 1. The highest BCUT2D eigenvalue weighted by atomic mass is 16.5. The van der Waals surface area contributed by atoms with E-state index < -0.39 is 0 Å². The summed E-state index contributed by atoms with van der Waals surface area (Å²) in [5.74, 6) is 1.17. The Labute approximate surface area is 79.0 Å². The van der Waals surface area contributed by atoms with Crippen molar-refractivity contribution in [1.82, 2.24) is 4.90 Å². The average Bonchev–Trinajstić information content (AvgIpc) is 2.72. The molecule has 2 aliphatic rings. The largest absolute Gasteiger partial charge is 0.381 e. The van der Waals surface area contributed by atoms with Crippen LogP contribution in [0.2, 0.25) is 0 Å². The molecular weight excluding hydrogens is 166 g/mol. The standard InChI is InChI=1S/C10H17NO2/c1-8-2-4-11(6-8)10(12)9-3-5-13-7-9/h8-9H,2-7H2,1H3/t8-,9?/m1/s1. The Balaban J connectivity index is 1.89. The van der Waals surface area contributed by atoms with E-state index in [9.17, 15) is 4.79 Å². The molecule has 3 heteroatoms. The van der Waals surface area contributed by atoms with Crippen molar-refractivity contribution in [1.29, 1.82) is 0 Å². The molecule has 0 radical (unpaired) electrons. The molecule has 0 spiro atoms. The van der Waals surface area contributed by atoms with E-state index in [0.29, 0.717) is 18.4 Å². The maximum atomic E-state index is 11.8. The summed E-state index contributed by atoms with van der Waals surface area (Å²) in [6.45, 7) is 5.52. The molecule has 0 bridgehead atoms. The third-order valence-corrected chi connectivity index (χ3v) is 3.01. The molecule has 0 aliphatic carbocycles. The van der Waals surface area contributed by atoms with Gasteiger partial charge in [-0.25, -0.2) is 0 Å². The first-order valence-corrected chi connectivity index (χ1v) is 5.14. The van der Waals surface area contributed by atoms with Crippen LogP contribution in [-0.4, -0.2) is 37.1 Å². The minimum atomic E-state index is 0.158. The summed E-state index contributed by atoms with van der Waals surface area (Å²) in [6, 6.07) is 0. The van der Waals surface area contributed by atoms with Gasteiger partial charge in [0.25, 0.3) is 0 Å². The zero-order valence-corrected chi connectivity index (χ0v) is 8.16. The first kappa shape index (κ1) is 9.00. The molecule has 0 saturated carbocycles. The number of hydrogen-bond donors (Lipinski definition) is 0. The van der Waals surface area contributed by atoms with Crippen LogP contribution in [0.1, 0.15) is 19.8 Å². The van der Waals surface area contributed by atoms with Crippen molar-refractivity contribution in [3.8, 4) is 0 Å². The molecule has 1 unspecified atom stereocenters. The van der Waals surface area contributed by atoms with Gasteiger partial charge in [0.2, 0.25) is 5.91 Å². The van der Waals surface area contributed by atoms with E-state index in [1.54, 1.807) is 0 Å². The van der Waals surface area contributed by atoms with E-state index in [-0.39, 0.29) is 5.92 Å². The molecule has 2 heterocycles. The van der Waals surface area contributed by atoms with Crippen LogP contribution in [0.5, 0.6) is 0 Å². The Kier molecular flexibility index (Phi) is 2.54. The summed E-state index contributed by atoms with van der Waals surface area (Å²) >= 11 is 0. The van der Waals surface area contributed by atoms with E-state index in [4.69, 9.17) is 4.74 Å². The van der Waals surface area contributed by atoms with Crippen LogP contribution in [-0.2, 0) is 9.53 Å². The normalized spacial score (nSPS) is 34.1. The third-order valence-electron chi connectivity index (χ3n) is 3.01. The highest BCUT2D eigenvalue weighted by Crippen LogP contribution is 2.21. The second kappa shape index (κ2) is 3.66. The summed E-state index contributed by atoms with van der Waals surface area (Å²) < 4.78 is 5.22. The molecule has 2 rings (SSSR count). The quantitative estimate of drug-likeness (QED) is 0.604. The van der Waals surface area contributed by atoms with Crippen LogP contribution in [0.15, 0.2) is 0 Å². The van der Waals surface area contributed by atoms with Crippen LogP contribution >= 0.6 is 0 Å². The molecule has 2 atom stereocenters. The van der Waals surface area contributed by atoms with Crippen LogP contribution in [0.3, 0.4) is 0 Å². The number of carbonyl (C=O) groups is 1. The van der Waals surface area contributed by atoms with Crippen molar-refractivity contribution in [3.63, 3.8) is 0 Å². The molecular formula is C10H17NO2. The summed E-state index contributed by atoms with van der Waals surface area (Å²) in [5, 5.41) is 0. The fourth-order valence-corrected chi connectivity index (χ4v) is 2.12. The van der Waals surface area contributed by atoms with E-state index >= 15 is 0 Å². The molecule has 74 valence electrons. The molecule has 0 aromatic carbocycles. The van der Waals surface area contributed by atoms with Gasteiger partial charge in [0, 0.05) is 19.7 Å². The minimum Gasteiger partial charge on any atom is -0.381 e. The lowest BCUT2D eigenvalue weighted by atomic mass is 10.1. The Morgan fingerprint density at radius 1 is 1.46 bits per heavy atom. The van der Waals surface area contributed by atoms with Crippen molar-refractivity contribution in [2.45, 2.75) is 19.8 Å². The van der Waals surface area contributed by atoms with Gasteiger partial charge >= 0.3 is 0 Å². The van der Waals surface area contributed by atoms with E-state index in [1.807, 2.05) is 4.90 Å². The monoisotopic (exact) mass is 183 g/mol. The second-order valence-electron chi connectivity index (χ2n) is 4.24. The summed E-state index contributed by atoms with van der Waals surface area (Å²) in [6.07, 6.45) is 2.09. The van der Waals surface area contributed by atoms with Gasteiger partial charge in [0.05, 0.1) is 12.5 Å². The predicted octanol–water partition coefficient (Wildman–Crippen LogP) is 0.891. The maximum absolute atomic E-state index is 11.8. The van der Waals surface area contributed by atoms with Crippen LogP contribution in [0, 0.1) is 11.8 Å². The Morgan fingerprint density at radius 2 is 2.31 bits per heavy atom. The number of ether oxygens (including phenoxy) is 1. The predicted molar refractivity (Wildman–Crippen MR) is 49.3 cm³/mol. The average molecular weight is 183 g/mol. The lowest BCUT2D eigenvalue weighted by molar-refractivity contribution is -0.134. The van der Waals surface area contributed by atoms with Gasteiger partial charge in [-0.3, -0.25) is 4.79 Å². The zero-order chi connectivity index (χ0) is 9.26. The highest BCUT2D eigenvalue weighted by Gasteiger charge is 2.31. The molecule has 0 N–H and O–H groups in total. The Hall–Kier alpha value is -0.570. The molecule has 2 fully saturated rings. The summed E-state index contributed by atoms with van der Waals surface area (Å²) in [4.78, 5) is 13.8. The van der Waals surface area contributed by atoms with Gasteiger partial charge in [0.15, 0.2) is 0 Å². The third kappa shape index (κ3) is 1.85. The van der Waals surface area contributed by atoms with Crippen molar-refractivity contribution in [2.24, 2.45) is 11.8 Å². The van der Waals surface area contributed by atoms with Gasteiger partial charge in [-0.15, -0.1) is 0 Å². The maximum Gasteiger partial charge on any atom is 0.228 e. The molecule has 2 aliphatic heterocycles. The number of amides is 1. The lowest BCUT2D eigenvalue weighted by Crippen LogP contribution is -2.34. The van der Waals surface area contributed by atoms with Gasteiger partial charge in [-0.1, -0.05) is 6.92 Å². The smallest absolute Gasteiger partial charge is 0.228 e. The van der Waals surface area contributed by atoms with Crippen LogP contribution < -0.4 is 0 Å². The minimum absolute atomic E-state index is 0.158. The van der Waals surface area contributed by atoms with Crippen molar-refractivity contribution < 1.29 is 9.53 Å². The van der Waals surface area contributed by atoms with Gasteiger partial charge in [-0.2, -0.15) is 0 Å². The fourth-order valence-electron chi connectivity index (χ4n) is 2.12. The number of hydrogen-bond acceptors (Lipinski definition) is 2. The number of likely N-dealkylation sites (tertiary alicyclic amines) is 1. The molecule has 13 heavy (non-hydrogen) atoms. The molecule has 0 aromatic heterocycles. The zero-order valence-electron chi connectivity index (χ0n) is 8.16. The summed E-state index contributed by atoms with van der Waals surface area (Å²) in [7, 11) is 0. The first-order valence-electron chi connectivity index (χ1n) is 5.14. The van der Waals surface area contributed by atoms with E-state index in [1.165, 1.54) is 6.42 Å². The first-order chi connectivity index (χ1) is 6.27. The van der Waals surface area contributed by atoms with Crippen molar-refractivity contribution >= 4 is 5.91 Å². The fraction of sp³-hybridized carbons (Fsp3) is 0.900. The van der Waals surface area contributed by atoms with E-state index in [0.717, 1.165) is 26.1 Å². The summed E-state index contributed by atoms with van der Waals surface area (Å²) in [5.41, 5.74) is 0. The molecule has 1 amide bonds. The van der Waals surface area contributed by atoms with Gasteiger partial charge in [0.1, 0.15) is 0 Å². The highest BCUT2D eigenvalue weighted by molar-refractivity contribution is 5.79. The van der Waals surface area contributed by atoms with Crippen molar-refractivity contribution in [2.75, 3.05) is 26.3 Å². The number of nitrogens with zero attached hydrogens (tertiary/aromatic N) is 1. The molecule has 2 saturated heterocycles. The Bertz CT molecular complexity index is 199. The van der Waals surface area contributed by atoms with Crippen molar-refractivity contribution in [3.05, 3.63) is 0 Å².